The molecule has 0 fully saturated rings. The first-order chi connectivity index (χ1) is 13.5. The first-order valence-corrected chi connectivity index (χ1v) is 11.4. The van der Waals surface area contributed by atoms with Gasteiger partial charge in [-0.25, -0.2) is 0 Å². The van der Waals surface area contributed by atoms with Crippen molar-refractivity contribution >= 4 is 46.7 Å². The van der Waals surface area contributed by atoms with Gasteiger partial charge in [0.2, 0.25) is 0 Å². The molecule has 9 heteroatoms. The molecule has 3 aromatic carbocycles. The summed E-state index contributed by atoms with van der Waals surface area (Å²) in [6.07, 6.45) is 0.569. The van der Waals surface area contributed by atoms with Crippen LogP contribution in [-0.4, -0.2) is 9.79 Å². The van der Waals surface area contributed by atoms with Crippen molar-refractivity contribution in [1.82, 2.24) is 0 Å². The van der Waals surface area contributed by atoms with E-state index in [2.05, 4.69) is 15.9 Å². The van der Waals surface area contributed by atoms with Gasteiger partial charge in [0.05, 0.1) is 10.0 Å². The molecule has 0 radical (unpaired) electrons. The van der Waals surface area contributed by atoms with Crippen molar-refractivity contribution in [3.8, 4) is 11.1 Å². The molecule has 0 atom stereocenters. The van der Waals surface area contributed by atoms with E-state index >= 15 is 0 Å². The van der Waals surface area contributed by atoms with Crippen LogP contribution in [0.15, 0.2) is 65.1 Å². The van der Waals surface area contributed by atoms with Crippen LogP contribution >= 0.6 is 46.7 Å². The standard InChI is InChI=1S/C20H14BrCl2F2O3P/c21-17-11-19(23)18(22)10-15(17)9-12-2-1-3-14(8-12)13-4-6-16(7-5-13)20(24,25)29(26,27)28/h1-8,10-11H,9H2,(H2,26,27,28). The van der Waals surface area contributed by atoms with E-state index in [1.54, 1.807) is 12.1 Å². The molecule has 3 rings (SSSR count). The van der Waals surface area contributed by atoms with Gasteiger partial charge in [-0.05, 0) is 40.8 Å². The van der Waals surface area contributed by atoms with E-state index in [-0.39, 0.29) is 0 Å². The van der Waals surface area contributed by atoms with Gasteiger partial charge in [0.15, 0.2) is 0 Å². The molecule has 0 spiro atoms. The lowest BCUT2D eigenvalue weighted by molar-refractivity contribution is 0.0564. The van der Waals surface area contributed by atoms with Gasteiger partial charge in [-0.3, -0.25) is 4.57 Å². The molecule has 0 aliphatic heterocycles. The van der Waals surface area contributed by atoms with Crippen LogP contribution in [0, 0.1) is 0 Å². The summed E-state index contributed by atoms with van der Waals surface area (Å²) in [4.78, 5) is 17.7. The van der Waals surface area contributed by atoms with Crippen molar-refractivity contribution in [2.45, 2.75) is 12.1 Å². The third-order valence-electron chi connectivity index (χ3n) is 4.34. The summed E-state index contributed by atoms with van der Waals surface area (Å²) in [5, 5.41) is 0.894. The lowest BCUT2D eigenvalue weighted by Gasteiger charge is -2.18. The van der Waals surface area contributed by atoms with E-state index in [9.17, 15) is 13.3 Å². The Hall–Kier alpha value is -1.27. The molecule has 0 aliphatic carbocycles. The van der Waals surface area contributed by atoms with Crippen LogP contribution in [0.25, 0.3) is 11.1 Å². The molecule has 0 saturated heterocycles. The Bertz CT molecular complexity index is 1100. The van der Waals surface area contributed by atoms with Gasteiger partial charge >= 0.3 is 13.3 Å². The minimum Gasteiger partial charge on any atom is -0.320 e. The summed E-state index contributed by atoms with van der Waals surface area (Å²) < 4.78 is 39.5. The molecule has 0 amide bonds. The fourth-order valence-corrected chi connectivity index (χ4v) is 4.26. The predicted molar refractivity (Wildman–Crippen MR) is 115 cm³/mol. The number of halogens is 5. The second-order valence-corrected chi connectivity index (χ2v) is 9.72. The van der Waals surface area contributed by atoms with Crippen LogP contribution in [0.1, 0.15) is 16.7 Å². The lowest BCUT2D eigenvalue weighted by atomic mass is 9.98. The first-order valence-electron chi connectivity index (χ1n) is 8.26. The van der Waals surface area contributed by atoms with Crippen molar-refractivity contribution in [2.24, 2.45) is 0 Å². The maximum absolute atomic E-state index is 13.8. The van der Waals surface area contributed by atoms with Gasteiger partial charge in [-0.15, -0.1) is 0 Å². The molecule has 152 valence electrons. The molecule has 3 aromatic rings. The van der Waals surface area contributed by atoms with Gasteiger partial charge in [0.1, 0.15) is 0 Å². The van der Waals surface area contributed by atoms with E-state index < -0.39 is 18.8 Å². The Morgan fingerprint density at radius 1 is 0.931 bits per heavy atom. The molecule has 0 heterocycles. The van der Waals surface area contributed by atoms with Gasteiger partial charge in [0, 0.05) is 10.0 Å². The quantitative estimate of drug-likeness (QED) is 0.275. The Kier molecular flexibility index (Phi) is 6.54. The number of hydrogen-bond donors (Lipinski definition) is 2. The van der Waals surface area contributed by atoms with Crippen molar-refractivity contribution in [1.29, 1.82) is 0 Å². The molecule has 0 aliphatic rings. The highest BCUT2D eigenvalue weighted by molar-refractivity contribution is 9.10. The number of benzene rings is 3. The van der Waals surface area contributed by atoms with Crippen molar-refractivity contribution in [3.63, 3.8) is 0 Å². The molecular weight excluding hydrogens is 508 g/mol. The van der Waals surface area contributed by atoms with E-state index in [1.165, 1.54) is 12.1 Å². The largest absolute Gasteiger partial charge is 0.399 e. The lowest BCUT2D eigenvalue weighted by Crippen LogP contribution is -2.13. The molecule has 2 N–H and O–H groups in total. The normalized spacial score (nSPS) is 12.2. The highest BCUT2D eigenvalue weighted by Crippen LogP contribution is 2.59. The summed E-state index contributed by atoms with van der Waals surface area (Å²) in [7, 11) is -5.59. The fraction of sp³-hybridized carbons (Fsp3) is 0.100. The second kappa shape index (κ2) is 8.46. The van der Waals surface area contributed by atoms with E-state index in [0.717, 1.165) is 33.3 Å². The van der Waals surface area contributed by atoms with E-state index in [0.29, 0.717) is 22.0 Å². The Labute approximate surface area is 184 Å². The summed E-state index contributed by atoms with van der Waals surface area (Å²) in [6.45, 7) is 0. The maximum atomic E-state index is 13.8. The third-order valence-corrected chi connectivity index (χ3v) is 6.79. The first kappa shape index (κ1) is 22.4. The molecular formula is C20H14BrCl2F2O3P. The predicted octanol–water partition coefficient (Wildman–Crippen LogP) is 7.24. The van der Waals surface area contributed by atoms with Crippen molar-refractivity contribution in [3.05, 3.63) is 91.9 Å². The van der Waals surface area contributed by atoms with Crippen LogP contribution in [0.4, 0.5) is 8.78 Å². The number of alkyl halides is 2. The van der Waals surface area contributed by atoms with Crippen LogP contribution < -0.4 is 0 Å². The molecule has 0 unspecified atom stereocenters. The van der Waals surface area contributed by atoms with Gasteiger partial charge < -0.3 is 9.79 Å². The Morgan fingerprint density at radius 2 is 1.55 bits per heavy atom. The summed E-state index contributed by atoms with van der Waals surface area (Å²) in [6, 6.07) is 15.9. The zero-order chi connectivity index (χ0) is 21.4. The number of rotatable bonds is 5. The van der Waals surface area contributed by atoms with Gasteiger partial charge in [0.25, 0.3) is 0 Å². The minimum absolute atomic E-state index is 0.447. The maximum Gasteiger partial charge on any atom is 0.399 e. The minimum atomic E-state index is -5.59. The van der Waals surface area contributed by atoms with Gasteiger partial charge in [-0.2, -0.15) is 8.78 Å². The Balaban J connectivity index is 1.89. The van der Waals surface area contributed by atoms with E-state index in [4.69, 9.17) is 33.0 Å². The van der Waals surface area contributed by atoms with Crippen LogP contribution in [-0.2, 0) is 16.6 Å². The smallest absolute Gasteiger partial charge is 0.320 e. The summed E-state index contributed by atoms with van der Waals surface area (Å²) in [5.41, 5.74) is -1.63. The molecule has 0 saturated carbocycles. The molecule has 0 aromatic heterocycles. The van der Waals surface area contributed by atoms with E-state index in [1.807, 2.05) is 24.3 Å². The zero-order valence-electron chi connectivity index (χ0n) is 14.6. The van der Waals surface area contributed by atoms with Gasteiger partial charge in [-0.1, -0.05) is 87.7 Å². The van der Waals surface area contributed by atoms with Crippen molar-refractivity contribution in [2.75, 3.05) is 0 Å². The van der Waals surface area contributed by atoms with Crippen molar-refractivity contribution < 1.29 is 23.1 Å². The Morgan fingerprint density at radius 3 is 2.17 bits per heavy atom. The average molecular weight is 522 g/mol. The highest BCUT2D eigenvalue weighted by Gasteiger charge is 2.50. The fourth-order valence-electron chi connectivity index (χ4n) is 2.81. The van der Waals surface area contributed by atoms with Crippen LogP contribution in [0.5, 0.6) is 0 Å². The number of hydrogen-bond acceptors (Lipinski definition) is 1. The SMILES string of the molecule is O=P(O)(O)C(F)(F)c1ccc(-c2cccc(Cc3cc(Cl)c(Cl)cc3Br)c2)cc1. The molecule has 0 bridgehead atoms. The molecule has 3 nitrogen and oxygen atoms in total. The second-order valence-electron chi connectivity index (χ2n) is 6.40. The zero-order valence-corrected chi connectivity index (χ0v) is 18.6. The van der Waals surface area contributed by atoms with Crippen LogP contribution in [0.2, 0.25) is 10.0 Å². The average Bonchev–Trinajstić information content (AvgIpc) is 2.65. The highest BCUT2D eigenvalue weighted by atomic mass is 79.9. The summed E-state index contributed by atoms with van der Waals surface area (Å²) >= 11 is 15.6. The monoisotopic (exact) mass is 520 g/mol. The molecule has 29 heavy (non-hydrogen) atoms. The topological polar surface area (TPSA) is 57.5 Å². The van der Waals surface area contributed by atoms with Crippen LogP contribution in [0.3, 0.4) is 0 Å². The third kappa shape index (κ3) is 4.91. The summed E-state index contributed by atoms with van der Waals surface area (Å²) in [5.74, 6) is 0.